The Kier molecular flexibility index (Phi) is 7.36. The standard InChI is InChI=1S/C24H25FN4O4S/c25-20-10-4-3-9-19(20)21-16-27-24(33-21)13-12-23(30)28-17-7-6-8-18(15-17)34(31,32)29-22-11-2-1-5-14-26-22/h3-4,6-10,15-16H,1-2,5,11-14H2,(H,26,29)(H,28,30). The molecule has 1 aliphatic rings. The minimum absolute atomic E-state index is 0.0412. The van der Waals surface area contributed by atoms with Crippen LogP contribution in [0.1, 0.15) is 38.0 Å². The van der Waals surface area contributed by atoms with E-state index < -0.39 is 15.8 Å². The summed E-state index contributed by atoms with van der Waals surface area (Å²) in [7, 11) is -3.80. The number of nitrogens with zero attached hydrogens (tertiary/aromatic N) is 2. The molecule has 1 amide bonds. The topological polar surface area (TPSA) is 114 Å². The van der Waals surface area contributed by atoms with E-state index in [0.29, 0.717) is 35.9 Å². The van der Waals surface area contributed by atoms with Crippen LogP contribution >= 0.6 is 0 Å². The van der Waals surface area contributed by atoms with Crippen molar-refractivity contribution in [3.63, 3.8) is 0 Å². The summed E-state index contributed by atoms with van der Waals surface area (Å²) in [5.41, 5.74) is 0.655. The molecule has 1 aliphatic heterocycles. The van der Waals surface area contributed by atoms with E-state index in [1.807, 2.05) is 0 Å². The van der Waals surface area contributed by atoms with E-state index in [4.69, 9.17) is 4.42 Å². The number of amides is 1. The molecule has 0 unspecified atom stereocenters. The number of aliphatic imine (C=N–C) groups is 1. The summed E-state index contributed by atoms with van der Waals surface area (Å²) in [5.74, 6) is 0.308. The van der Waals surface area contributed by atoms with Crippen LogP contribution < -0.4 is 10.0 Å². The highest BCUT2D eigenvalue weighted by Crippen LogP contribution is 2.24. The second-order valence-electron chi connectivity index (χ2n) is 7.92. The van der Waals surface area contributed by atoms with Gasteiger partial charge >= 0.3 is 0 Å². The van der Waals surface area contributed by atoms with Crippen LogP contribution in [-0.2, 0) is 21.2 Å². The molecular weight excluding hydrogens is 459 g/mol. The van der Waals surface area contributed by atoms with Crippen molar-refractivity contribution in [2.45, 2.75) is 43.4 Å². The van der Waals surface area contributed by atoms with Crippen molar-refractivity contribution in [2.24, 2.45) is 4.99 Å². The van der Waals surface area contributed by atoms with E-state index in [1.54, 1.807) is 30.3 Å². The molecule has 1 aromatic heterocycles. The van der Waals surface area contributed by atoms with Crippen molar-refractivity contribution in [3.8, 4) is 11.3 Å². The van der Waals surface area contributed by atoms with Crippen LogP contribution in [0, 0.1) is 5.82 Å². The van der Waals surface area contributed by atoms with Gasteiger partial charge in [-0.1, -0.05) is 24.6 Å². The number of aromatic nitrogens is 1. The zero-order valence-electron chi connectivity index (χ0n) is 18.5. The summed E-state index contributed by atoms with van der Waals surface area (Å²) < 4.78 is 47.5. The van der Waals surface area contributed by atoms with Crippen LogP contribution in [0.25, 0.3) is 11.3 Å². The second kappa shape index (κ2) is 10.6. The minimum Gasteiger partial charge on any atom is -0.441 e. The first-order valence-corrected chi connectivity index (χ1v) is 12.5. The van der Waals surface area contributed by atoms with Crippen molar-refractivity contribution >= 4 is 27.5 Å². The van der Waals surface area contributed by atoms with Gasteiger partial charge in [0.15, 0.2) is 11.7 Å². The Bertz CT molecular complexity index is 1300. The fourth-order valence-corrected chi connectivity index (χ4v) is 4.70. The molecule has 0 bridgehead atoms. The predicted octanol–water partition coefficient (Wildman–Crippen LogP) is 4.30. The SMILES string of the molecule is O=C(CCc1ncc(-c2ccccc2F)o1)Nc1cccc(S(=O)(=O)NC2=NCCCCC2)c1. The third-order valence-corrected chi connectivity index (χ3v) is 6.69. The number of carbonyl (C=O) groups excluding carboxylic acids is 1. The van der Waals surface area contributed by atoms with Crippen LogP contribution in [0.5, 0.6) is 0 Å². The predicted molar refractivity (Wildman–Crippen MR) is 126 cm³/mol. The Hall–Kier alpha value is -3.53. The number of hydrogen-bond donors (Lipinski definition) is 2. The zero-order chi connectivity index (χ0) is 24.0. The number of sulfonamides is 1. The van der Waals surface area contributed by atoms with Crippen LogP contribution in [0.15, 0.2) is 69.0 Å². The summed E-state index contributed by atoms with van der Waals surface area (Å²) in [6.07, 6.45) is 5.15. The van der Waals surface area contributed by atoms with Gasteiger partial charge in [0.2, 0.25) is 5.91 Å². The number of rotatable bonds is 7. The molecule has 0 radical (unpaired) electrons. The molecule has 2 heterocycles. The molecule has 0 atom stereocenters. The van der Waals surface area contributed by atoms with E-state index >= 15 is 0 Å². The Morgan fingerprint density at radius 2 is 1.94 bits per heavy atom. The smallest absolute Gasteiger partial charge is 0.262 e. The average Bonchev–Trinajstić information content (AvgIpc) is 3.14. The van der Waals surface area contributed by atoms with E-state index in [2.05, 4.69) is 20.0 Å². The van der Waals surface area contributed by atoms with Gasteiger partial charge in [-0.2, -0.15) is 0 Å². The highest BCUT2D eigenvalue weighted by Gasteiger charge is 2.18. The molecule has 0 saturated carbocycles. The van der Waals surface area contributed by atoms with Crippen molar-refractivity contribution in [2.75, 3.05) is 11.9 Å². The third-order valence-electron chi connectivity index (χ3n) is 5.31. The first-order chi connectivity index (χ1) is 16.4. The monoisotopic (exact) mass is 484 g/mol. The van der Waals surface area contributed by atoms with Gasteiger partial charge in [-0.25, -0.2) is 17.8 Å². The van der Waals surface area contributed by atoms with Gasteiger partial charge in [0, 0.05) is 31.5 Å². The molecule has 178 valence electrons. The van der Waals surface area contributed by atoms with E-state index in [9.17, 15) is 17.6 Å². The number of anilines is 1. The Morgan fingerprint density at radius 1 is 1.09 bits per heavy atom. The number of nitrogens with one attached hydrogen (secondary N) is 2. The molecule has 0 fully saturated rings. The average molecular weight is 485 g/mol. The fraction of sp³-hybridized carbons (Fsp3) is 0.292. The molecule has 2 aromatic carbocycles. The summed E-state index contributed by atoms with van der Waals surface area (Å²) in [5, 5.41) is 2.70. The first kappa shape index (κ1) is 23.6. The number of halogens is 1. The number of aryl methyl sites for hydroxylation is 1. The van der Waals surface area contributed by atoms with Crippen LogP contribution in [0.2, 0.25) is 0 Å². The number of carbonyl (C=O) groups is 1. The summed E-state index contributed by atoms with van der Waals surface area (Å²) in [6.45, 7) is 0.611. The highest BCUT2D eigenvalue weighted by atomic mass is 32.2. The van der Waals surface area contributed by atoms with Gasteiger partial charge in [-0.3, -0.25) is 14.5 Å². The molecule has 8 nitrogen and oxygen atoms in total. The van der Waals surface area contributed by atoms with Gasteiger partial charge in [-0.15, -0.1) is 0 Å². The van der Waals surface area contributed by atoms with Crippen LogP contribution in [0.4, 0.5) is 10.1 Å². The molecule has 0 aliphatic carbocycles. The van der Waals surface area contributed by atoms with Gasteiger partial charge in [0.1, 0.15) is 11.7 Å². The Morgan fingerprint density at radius 3 is 2.79 bits per heavy atom. The maximum Gasteiger partial charge on any atom is 0.262 e. The van der Waals surface area contributed by atoms with Crippen molar-refractivity contribution in [1.82, 2.24) is 9.71 Å². The molecule has 3 aromatic rings. The van der Waals surface area contributed by atoms with E-state index in [1.165, 1.54) is 24.4 Å². The van der Waals surface area contributed by atoms with Crippen molar-refractivity contribution < 1.29 is 22.0 Å². The Labute approximate surface area is 197 Å². The lowest BCUT2D eigenvalue weighted by Crippen LogP contribution is -2.30. The number of oxazole rings is 1. The van der Waals surface area contributed by atoms with Gasteiger partial charge in [0.25, 0.3) is 10.0 Å². The molecule has 2 N–H and O–H groups in total. The van der Waals surface area contributed by atoms with E-state index in [0.717, 1.165) is 19.3 Å². The van der Waals surface area contributed by atoms with E-state index in [-0.39, 0.29) is 29.4 Å². The van der Waals surface area contributed by atoms with Crippen LogP contribution in [0.3, 0.4) is 0 Å². The molecular formula is C24H25FN4O4S. The quantitative estimate of drug-likeness (QED) is 0.519. The molecule has 4 rings (SSSR count). The molecule has 0 spiro atoms. The maximum atomic E-state index is 13.9. The molecule has 34 heavy (non-hydrogen) atoms. The minimum atomic E-state index is -3.80. The summed E-state index contributed by atoms with van der Waals surface area (Å²) >= 11 is 0. The van der Waals surface area contributed by atoms with Gasteiger partial charge in [-0.05, 0) is 43.2 Å². The second-order valence-corrected chi connectivity index (χ2v) is 9.60. The van der Waals surface area contributed by atoms with Crippen LogP contribution in [-0.4, -0.2) is 31.7 Å². The van der Waals surface area contributed by atoms with Gasteiger partial charge < -0.3 is 9.73 Å². The maximum absolute atomic E-state index is 13.9. The first-order valence-electron chi connectivity index (χ1n) is 11.1. The summed E-state index contributed by atoms with van der Waals surface area (Å²) in [4.78, 5) is 20.9. The largest absolute Gasteiger partial charge is 0.441 e. The normalized spacial score (nSPS) is 14.2. The van der Waals surface area contributed by atoms with Crippen molar-refractivity contribution in [3.05, 3.63) is 66.4 Å². The number of hydrogen-bond acceptors (Lipinski definition) is 6. The molecule has 0 saturated heterocycles. The van der Waals surface area contributed by atoms with Crippen molar-refractivity contribution in [1.29, 1.82) is 0 Å². The fourth-order valence-electron chi connectivity index (χ4n) is 3.57. The molecule has 10 heteroatoms. The lowest BCUT2D eigenvalue weighted by Gasteiger charge is -2.11. The zero-order valence-corrected chi connectivity index (χ0v) is 19.3. The lowest BCUT2D eigenvalue weighted by molar-refractivity contribution is -0.116. The number of benzene rings is 2. The Balaban J connectivity index is 1.35. The lowest BCUT2D eigenvalue weighted by atomic mass is 10.2. The number of amidine groups is 1. The van der Waals surface area contributed by atoms with Gasteiger partial charge in [0.05, 0.1) is 16.7 Å². The summed E-state index contributed by atoms with van der Waals surface area (Å²) in [6, 6.07) is 12.2. The third kappa shape index (κ3) is 6.07. The highest BCUT2D eigenvalue weighted by molar-refractivity contribution is 7.90.